The summed E-state index contributed by atoms with van der Waals surface area (Å²) in [6.07, 6.45) is 5.92. The second kappa shape index (κ2) is 9.87. The fraction of sp³-hybridized carbons (Fsp3) is 0.423. The zero-order valence-electron chi connectivity index (χ0n) is 21.4. The number of halogens is 1. The van der Waals surface area contributed by atoms with Crippen molar-refractivity contribution in [3.05, 3.63) is 53.7 Å². The minimum Gasteiger partial charge on any atom is -0.494 e. The van der Waals surface area contributed by atoms with Gasteiger partial charge in [-0.15, -0.1) is 5.10 Å². The van der Waals surface area contributed by atoms with Gasteiger partial charge in [0.2, 0.25) is 0 Å². The highest BCUT2D eigenvalue weighted by Gasteiger charge is 2.23. The van der Waals surface area contributed by atoms with Crippen LogP contribution in [0.3, 0.4) is 0 Å². The van der Waals surface area contributed by atoms with Crippen molar-refractivity contribution in [2.45, 2.75) is 26.9 Å². The van der Waals surface area contributed by atoms with E-state index in [2.05, 4.69) is 38.2 Å². The molecule has 1 aliphatic rings. The molecule has 1 aromatic carbocycles. The first-order valence-electron chi connectivity index (χ1n) is 12.1. The lowest BCUT2D eigenvalue weighted by Gasteiger charge is -2.37. The van der Waals surface area contributed by atoms with Crippen molar-refractivity contribution in [1.29, 1.82) is 0 Å². The minimum atomic E-state index is -0.228. The van der Waals surface area contributed by atoms with Gasteiger partial charge in [0.05, 0.1) is 42.7 Å². The Labute approximate surface area is 210 Å². The summed E-state index contributed by atoms with van der Waals surface area (Å²) in [6.45, 7) is 10.3. The SMILES string of the molecule is COc1cc2ncc(-c3cn(-c4cc(C)c(F)cc4C)nn3)n2cc1N1CCN(CC(C)OC)CC1. The second-order valence-electron chi connectivity index (χ2n) is 9.37. The number of aryl methyl sites for hydroxylation is 2. The summed E-state index contributed by atoms with van der Waals surface area (Å²) in [7, 11) is 3.44. The van der Waals surface area contributed by atoms with E-state index in [1.807, 2.05) is 23.6 Å². The van der Waals surface area contributed by atoms with Crippen molar-refractivity contribution in [2.24, 2.45) is 0 Å². The molecule has 190 valence electrons. The fourth-order valence-corrected chi connectivity index (χ4v) is 4.71. The van der Waals surface area contributed by atoms with E-state index in [0.717, 1.165) is 66.8 Å². The van der Waals surface area contributed by atoms with Crippen LogP contribution in [0.1, 0.15) is 18.1 Å². The predicted octanol–water partition coefficient (Wildman–Crippen LogP) is 3.50. The van der Waals surface area contributed by atoms with Crippen LogP contribution in [0, 0.1) is 19.7 Å². The van der Waals surface area contributed by atoms with Crippen molar-refractivity contribution in [3.8, 4) is 22.8 Å². The van der Waals surface area contributed by atoms with Crippen LogP contribution in [-0.4, -0.2) is 82.3 Å². The van der Waals surface area contributed by atoms with E-state index >= 15 is 0 Å². The Hall–Kier alpha value is -3.50. The minimum absolute atomic E-state index is 0.215. The number of rotatable bonds is 7. The largest absolute Gasteiger partial charge is 0.494 e. The lowest BCUT2D eigenvalue weighted by atomic mass is 10.1. The van der Waals surface area contributed by atoms with Crippen molar-refractivity contribution >= 4 is 11.3 Å². The predicted molar refractivity (Wildman–Crippen MR) is 137 cm³/mol. The summed E-state index contributed by atoms with van der Waals surface area (Å²) in [5, 5.41) is 8.72. The van der Waals surface area contributed by atoms with Crippen molar-refractivity contribution < 1.29 is 13.9 Å². The molecule has 9 nitrogen and oxygen atoms in total. The van der Waals surface area contributed by atoms with Gasteiger partial charge in [0.25, 0.3) is 0 Å². The van der Waals surface area contributed by atoms with Crippen LogP contribution in [-0.2, 0) is 4.74 Å². The molecule has 0 spiro atoms. The van der Waals surface area contributed by atoms with E-state index in [4.69, 9.17) is 9.47 Å². The molecule has 36 heavy (non-hydrogen) atoms. The smallest absolute Gasteiger partial charge is 0.147 e. The Balaban J connectivity index is 1.45. The van der Waals surface area contributed by atoms with E-state index in [9.17, 15) is 4.39 Å². The van der Waals surface area contributed by atoms with Gasteiger partial charge in [-0.25, -0.2) is 14.1 Å². The molecule has 3 aromatic heterocycles. The van der Waals surface area contributed by atoms with Crippen molar-refractivity contribution in [3.63, 3.8) is 0 Å². The van der Waals surface area contributed by atoms with Gasteiger partial charge in [0.1, 0.15) is 22.9 Å². The highest BCUT2D eigenvalue weighted by Crippen LogP contribution is 2.32. The number of piperazine rings is 1. The number of anilines is 1. The van der Waals surface area contributed by atoms with Gasteiger partial charge in [-0.3, -0.25) is 9.30 Å². The topological polar surface area (TPSA) is 73.0 Å². The number of aromatic nitrogens is 5. The molecule has 0 radical (unpaired) electrons. The summed E-state index contributed by atoms with van der Waals surface area (Å²) in [5.74, 6) is 0.563. The molecule has 4 heterocycles. The lowest BCUT2D eigenvalue weighted by molar-refractivity contribution is 0.0749. The molecule has 1 aliphatic heterocycles. The van der Waals surface area contributed by atoms with Crippen LogP contribution in [0.5, 0.6) is 5.75 Å². The number of methoxy groups -OCH3 is 2. The highest BCUT2D eigenvalue weighted by atomic mass is 19.1. The zero-order valence-corrected chi connectivity index (χ0v) is 21.4. The number of nitrogens with zero attached hydrogens (tertiary/aromatic N) is 7. The molecular weight excluding hydrogens is 461 g/mol. The fourth-order valence-electron chi connectivity index (χ4n) is 4.71. The van der Waals surface area contributed by atoms with Crippen LogP contribution in [0.15, 0.2) is 36.8 Å². The standard InChI is InChI=1S/C26H32FN7O2/c1-17-11-22(18(2)10-20(17)27)34-15-21(29-30-34)23-13-28-26-12-25(36-5)24(16-33(23)26)32-8-6-31(7-9-32)14-19(3)35-4/h10-13,15-16,19H,6-9,14H2,1-5H3. The van der Waals surface area contributed by atoms with Crippen LogP contribution < -0.4 is 9.64 Å². The molecule has 0 amide bonds. The molecule has 10 heteroatoms. The average Bonchev–Trinajstić information content (AvgIpc) is 3.52. The summed E-state index contributed by atoms with van der Waals surface area (Å²) in [6, 6.07) is 5.26. The first-order chi connectivity index (χ1) is 17.4. The van der Waals surface area contributed by atoms with E-state index in [1.54, 1.807) is 38.1 Å². The first-order valence-corrected chi connectivity index (χ1v) is 12.1. The Morgan fingerprint density at radius 1 is 1.00 bits per heavy atom. The number of pyridine rings is 1. The molecular formula is C26H32FN7O2. The van der Waals surface area contributed by atoms with Gasteiger partial charge in [-0.05, 0) is 44.0 Å². The maximum Gasteiger partial charge on any atom is 0.147 e. The molecule has 0 bridgehead atoms. The Kier molecular flexibility index (Phi) is 6.63. The number of hydrogen-bond acceptors (Lipinski definition) is 7. The first kappa shape index (κ1) is 24.2. The summed E-state index contributed by atoms with van der Waals surface area (Å²) in [4.78, 5) is 9.36. The second-order valence-corrected chi connectivity index (χ2v) is 9.37. The third kappa shape index (κ3) is 4.54. The van der Waals surface area contributed by atoms with Crippen LogP contribution in [0.2, 0.25) is 0 Å². The average molecular weight is 494 g/mol. The molecule has 1 fully saturated rings. The van der Waals surface area contributed by atoms with Crippen LogP contribution in [0.4, 0.5) is 10.1 Å². The number of ether oxygens (including phenoxy) is 2. The van der Waals surface area contributed by atoms with E-state index in [0.29, 0.717) is 11.3 Å². The molecule has 4 aromatic rings. The zero-order chi connectivity index (χ0) is 25.4. The Bertz CT molecular complexity index is 1370. The summed E-state index contributed by atoms with van der Waals surface area (Å²) >= 11 is 0. The van der Waals surface area contributed by atoms with Gasteiger partial charge in [-0.2, -0.15) is 0 Å². The van der Waals surface area contributed by atoms with Gasteiger partial charge >= 0.3 is 0 Å². The molecule has 0 saturated carbocycles. The van der Waals surface area contributed by atoms with E-state index in [-0.39, 0.29) is 11.9 Å². The number of hydrogen-bond donors (Lipinski definition) is 0. The Morgan fingerprint density at radius 3 is 2.50 bits per heavy atom. The maximum atomic E-state index is 13.9. The maximum absolute atomic E-state index is 13.9. The van der Waals surface area contributed by atoms with Gasteiger partial charge in [0, 0.05) is 52.1 Å². The molecule has 5 rings (SSSR count). The molecule has 1 unspecified atom stereocenters. The molecule has 1 atom stereocenters. The third-order valence-corrected chi connectivity index (χ3v) is 6.92. The normalized spacial score (nSPS) is 15.6. The monoisotopic (exact) mass is 493 g/mol. The van der Waals surface area contributed by atoms with Crippen LogP contribution >= 0.6 is 0 Å². The molecule has 0 aliphatic carbocycles. The summed E-state index contributed by atoms with van der Waals surface area (Å²) in [5.41, 5.74) is 5.43. The molecule has 1 saturated heterocycles. The third-order valence-electron chi connectivity index (χ3n) is 6.92. The summed E-state index contributed by atoms with van der Waals surface area (Å²) < 4.78 is 28.8. The van der Waals surface area contributed by atoms with Gasteiger partial charge in [-0.1, -0.05) is 5.21 Å². The number of fused-ring (bicyclic) bond motifs is 1. The molecule has 0 N–H and O–H groups in total. The number of imidazole rings is 1. The highest BCUT2D eigenvalue weighted by molar-refractivity contribution is 5.68. The van der Waals surface area contributed by atoms with Gasteiger partial charge in [0.15, 0.2) is 0 Å². The van der Waals surface area contributed by atoms with E-state index < -0.39 is 0 Å². The van der Waals surface area contributed by atoms with Crippen LogP contribution in [0.25, 0.3) is 22.7 Å². The quantitative estimate of drug-likeness (QED) is 0.390. The Morgan fingerprint density at radius 2 is 1.78 bits per heavy atom. The van der Waals surface area contributed by atoms with E-state index in [1.165, 1.54) is 6.07 Å². The van der Waals surface area contributed by atoms with Gasteiger partial charge < -0.3 is 14.4 Å². The van der Waals surface area contributed by atoms with Crippen molar-refractivity contribution in [1.82, 2.24) is 29.3 Å². The number of benzene rings is 1. The van der Waals surface area contributed by atoms with Crippen molar-refractivity contribution in [2.75, 3.05) is 51.8 Å². The lowest BCUT2D eigenvalue weighted by Crippen LogP contribution is -2.48.